The van der Waals surface area contributed by atoms with Crippen LogP contribution in [0.3, 0.4) is 0 Å². The fraction of sp³-hybridized carbons (Fsp3) is 0.533. The third kappa shape index (κ3) is 4.10. The van der Waals surface area contributed by atoms with Crippen LogP contribution in [-0.2, 0) is 4.79 Å². The molecule has 0 bridgehead atoms. The van der Waals surface area contributed by atoms with Crippen molar-refractivity contribution < 1.29 is 19.6 Å². The summed E-state index contributed by atoms with van der Waals surface area (Å²) in [4.78, 5) is 23.4. The standard InChI is InChI=1S/C15H21N3O5/c1-3-17(9-15(19)20)11-6-10(7-11)16-13-8-12(23-2)4-5-14(13)18(21)22/h4-5,8,10-11,16H,3,6-7,9H2,1-2H3,(H,19,20). The van der Waals surface area contributed by atoms with E-state index < -0.39 is 10.9 Å². The number of anilines is 1. The number of hydrogen-bond donors (Lipinski definition) is 2. The number of ether oxygens (including phenoxy) is 1. The van der Waals surface area contributed by atoms with Crippen LogP contribution in [0.2, 0.25) is 0 Å². The average molecular weight is 323 g/mol. The lowest BCUT2D eigenvalue weighted by Gasteiger charge is -2.42. The molecule has 1 saturated carbocycles. The van der Waals surface area contributed by atoms with Gasteiger partial charge in [-0.2, -0.15) is 0 Å². The number of nitro benzene ring substituents is 1. The van der Waals surface area contributed by atoms with Gasteiger partial charge in [0.15, 0.2) is 0 Å². The van der Waals surface area contributed by atoms with Crippen molar-refractivity contribution in [2.24, 2.45) is 0 Å². The Morgan fingerprint density at radius 3 is 2.74 bits per heavy atom. The van der Waals surface area contributed by atoms with E-state index in [2.05, 4.69) is 5.32 Å². The van der Waals surface area contributed by atoms with E-state index >= 15 is 0 Å². The molecule has 2 rings (SSSR count). The maximum Gasteiger partial charge on any atom is 0.317 e. The van der Waals surface area contributed by atoms with Gasteiger partial charge in [0.1, 0.15) is 11.4 Å². The minimum atomic E-state index is -0.841. The highest BCUT2D eigenvalue weighted by Gasteiger charge is 2.34. The van der Waals surface area contributed by atoms with E-state index in [9.17, 15) is 14.9 Å². The summed E-state index contributed by atoms with van der Waals surface area (Å²) in [5, 5.41) is 23.2. The van der Waals surface area contributed by atoms with Crippen LogP contribution in [0.25, 0.3) is 0 Å². The van der Waals surface area contributed by atoms with Crippen LogP contribution in [0.15, 0.2) is 18.2 Å². The van der Waals surface area contributed by atoms with E-state index in [1.54, 1.807) is 12.1 Å². The highest BCUT2D eigenvalue weighted by Crippen LogP contribution is 2.34. The molecule has 0 aromatic heterocycles. The van der Waals surface area contributed by atoms with Crippen LogP contribution >= 0.6 is 0 Å². The van der Waals surface area contributed by atoms with Crippen molar-refractivity contribution in [2.75, 3.05) is 25.5 Å². The molecule has 8 heteroatoms. The van der Waals surface area contributed by atoms with E-state index in [1.165, 1.54) is 13.2 Å². The molecule has 0 radical (unpaired) electrons. The molecule has 1 aliphatic carbocycles. The first-order chi connectivity index (χ1) is 10.9. The Morgan fingerprint density at radius 1 is 1.52 bits per heavy atom. The molecular formula is C15H21N3O5. The predicted molar refractivity (Wildman–Crippen MR) is 85.0 cm³/mol. The first-order valence-electron chi connectivity index (χ1n) is 7.49. The van der Waals surface area contributed by atoms with Gasteiger partial charge < -0.3 is 15.2 Å². The van der Waals surface area contributed by atoms with Gasteiger partial charge in [-0.25, -0.2) is 0 Å². The summed E-state index contributed by atoms with van der Waals surface area (Å²) in [5.41, 5.74) is 0.436. The van der Waals surface area contributed by atoms with Crippen molar-refractivity contribution in [2.45, 2.75) is 31.8 Å². The number of benzene rings is 1. The number of carboxylic acid groups (broad SMARTS) is 1. The van der Waals surface area contributed by atoms with Gasteiger partial charge in [0, 0.05) is 24.2 Å². The van der Waals surface area contributed by atoms with E-state index in [-0.39, 0.29) is 24.3 Å². The summed E-state index contributed by atoms with van der Waals surface area (Å²) >= 11 is 0. The normalized spacial score (nSPS) is 20.0. The third-order valence-corrected chi connectivity index (χ3v) is 4.13. The molecule has 0 aliphatic heterocycles. The molecule has 0 unspecified atom stereocenters. The first-order valence-corrected chi connectivity index (χ1v) is 7.49. The lowest BCUT2D eigenvalue weighted by molar-refractivity contribution is -0.384. The number of nitrogens with zero attached hydrogens (tertiary/aromatic N) is 2. The smallest absolute Gasteiger partial charge is 0.317 e. The molecule has 23 heavy (non-hydrogen) atoms. The number of methoxy groups -OCH3 is 1. The Kier molecular flexibility index (Phi) is 5.38. The number of carboxylic acids is 1. The van der Waals surface area contributed by atoms with Gasteiger partial charge in [-0.1, -0.05) is 6.92 Å². The second kappa shape index (κ2) is 7.28. The fourth-order valence-electron chi connectivity index (χ4n) is 2.81. The zero-order chi connectivity index (χ0) is 17.0. The van der Waals surface area contributed by atoms with E-state index in [0.29, 0.717) is 18.0 Å². The van der Waals surface area contributed by atoms with Crippen molar-refractivity contribution in [1.29, 1.82) is 0 Å². The van der Waals surface area contributed by atoms with Crippen LogP contribution in [0.1, 0.15) is 19.8 Å². The molecule has 0 spiro atoms. The number of carbonyl (C=O) groups is 1. The van der Waals surface area contributed by atoms with Gasteiger partial charge in [0.2, 0.25) is 0 Å². The van der Waals surface area contributed by atoms with Crippen molar-refractivity contribution in [3.63, 3.8) is 0 Å². The van der Waals surface area contributed by atoms with Gasteiger partial charge >= 0.3 is 5.97 Å². The summed E-state index contributed by atoms with van der Waals surface area (Å²) in [6.07, 6.45) is 1.52. The Hall–Kier alpha value is -2.35. The number of likely N-dealkylation sites (N-methyl/N-ethyl adjacent to an activating group) is 1. The number of hydrogen-bond acceptors (Lipinski definition) is 6. The van der Waals surface area contributed by atoms with Gasteiger partial charge in [-0.05, 0) is 25.5 Å². The Bertz CT molecular complexity index is 586. The number of rotatable bonds is 8. The van der Waals surface area contributed by atoms with Crippen LogP contribution in [-0.4, -0.2) is 53.2 Å². The molecule has 1 aromatic rings. The van der Waals surface area contributed by atoms with Crippen molar-refractivity contribution in [3.05, 3.63) is 28.3 Å². The Labute approximate surface area is 134 Å². The monoisotopic (exact) mass is 323 g/mol. The fourth-order valence-corrected chi connectivity index (χ4v) is 2.81. The second-order valence-corrected chi connectivity index (χ2v) is 5.56. The van der Waals surface area contributed by atoms with Gasteiger partial charge in [0.05, 0.1) is 18.6 Å². The van der Waals surface area contributed by atoms with Crippen molar-refractivity contribution in [3.8, 4) is 5.75 Å². The number of nitrogens with one attached hydrogen (secondary N) is 1. The topological polar surface area (TPSA) is 105 Å². The summed E-state index contributed by atoms with van der Waals surface area (Å²) in [5.74, 6) is -0.290. The summed E-state index contributed by atoms with van der Waals surface area (Å²) in [6, 6.07) is 4.87. The number of aliphatic carboxylic acids is 1. The quantitative estimate of drug-likeness (QED) is 0.556. The third-order valence-electron chi connectivity index (χ3n) is 4.13. The minimum absolute atomic E-state index is 0.00661. The highest BCUT2D eigenvalue weighted by molar-refractivity contribution is 5.69. The number of nitro groups is 1. The molecule has 1 fully saturated rings. The second-order valence-electron chi connectivity index (χ2n) is 5.56. The van der Waals surface area contributed by atoms with Crippen molar-refractivity contribution in [1.82, 2.24) is 4.90 Å². The molecule has 0 heterocycles. The lowest BCUT2D eigenvalue weighted by Crippen LogP contribution is -2.51. The molecule has 8 nitrogen and oxygen atoms in total. The Morgan fingerprint density at radius 2 is 2.22 bits per heavy atom. The van der Waals surface area contributed by atoms with Crippen LogP contribution < -0.4 is 10.1 Å². The molecule has 2 N–H and O–H groups in total. The van der Waals surface area contributed by atoms with Crippen LogP contribution in [0, 0.1) is 10.1 Å². The minimum Gasteiger partial charge on any atom is -0.497 e. The zero-order valence-corrected chi connectivity index (χ0v) is 13.2. The van der Waals surface area contributed by atoms with E-state index in [4.69, 9.17) is 9.84 Å². The van der Waals surface area contributed by atoms with Crippen molar-refractivity contribution >= 4 is 17.3 Å². The molecule has 1 aromatic carbocycles. The molecule has 0 saturated heterocycles. The van der Waals surface area contributed by atoms with Gasteiger partial charge in [-0.3, -0.25) is 19.8 Å². The van der Waals surface area contributed by atoms with Crippen LogP contribution in [0.4, 0.5) is 11.4 Å². The summed E-state index contributed by atoms with van der Waals surface area (Å²) < 4.78 is 5.11. The molecule has 0 atom stereocenters. The molecule has 1 aliphatic rings. The molecular weight excluding hydrogens is 302 g/mol. The highest BCUT2D eigenvalue weighted by atomic mass is 16.6. The zero-order valence-electron chi connectivity index (χ0n) is 13.2. The van der Waals surface area contributed by atoms with Crippen LogP contribution in [0.5, 0.6) is 5.75 Å². The lowest BCUT2D eigenvalue weighted by atomic mass is 9.85. The Balaban J connectivity index is 1.99. The first kappa shape index (κ1) is 17.0. The van der Waals surface area contributed by atoms with E-state index in [1.807, 2.05) is 11.8 Å². The largest absolute Gasteiger partial charge is 0.497 e. The maximum atomic E-state index is 11.1. The summed E-state index contributed by atoms with van der Waals surface area (Å²) in [7, 11) is 1.51. The molecule has 0 amide bonds. The predicted octanol–water partition coefficient (Wildman–Crippen LogP) is 1.95. The van der Waals surface area contributed by atoms with Gasteiger partial charge in [0.25, 0.3) is 5.69 Å². The maximum absolute atomic E-state index is 11.1. The SMILES string of the molecule is CCN(CC(=O)O)C1CC(Nc2cc(OC)ccc2[N+](=O)[O-])C1. The summed E-state index contributed by atoms with van der Waals surface area (Å²) in [6.45, 7) is 2.62. The van der Waals surface area contributed by atoms with Gasteiger partial charge in [-0.15, -0.1) is 0 Å². The van der Waals surface area contributed by atoms with E-state index in [0.717, 1.165) is 12.8 Å². The average Bonchev–Trinajstić information content (AvgIpc) is 2.47. The molecule has 126 valence electrons.